The summed E-state index contributed by atoms with van der Waals surface area (Å²) in [6, 6.07) is 20.8. The summed E-state index contributed by atoms with van der Waals surface area (Å²) in [4.78, 5) is 16.7. The van der Waals surface area contributed by atoms with Crippen LogP contribution < -0.4 is 20.4 Å². The molecule has 0 N–H and O–H groups in total. The van der Waals surface area contributed by atoms with Crippen molar-refractivity contribution in [2.24, 2.45) is 0 Å². The summed E-state index contributed by atoms with van der Waals surface area (Å²) in [5.74, 6) is 0. The van der Waals surface area contributed by atoms with Crippen molar-refractivity contribution < 1.29 is 70.9 Å². The van der Waals surface area contributed by atoms with E-state index in [1.165, 1.54) is 11.1 Å². The SMILES string of the molecule is O=C([O-])[O-].O=C([O-])[O-].[Pd+2].[Pd+2].c1ccc(-c2ccccc2)cc1. The van der Waals surface area contributed by atoms with Crippen molar-refractivity contribution in [3.63, 3.8) is 0 Å². The minimum Gasteiger partial charge on any atom is -0.652 e. The number of rotatable bonds is 1. The van der Waals surface area contributed by atoms with E-state index in [0.29, 0.717) is 0 Å². The molecule has 8 heteroatoms. The van der Waals surface area contributed by atoms with Gasteiger partial charge in [0.05, 0.1) is 0 Å². The average molecular weight is 487 g/mol. The van der Waals surface area contributed by atoms with Gasteiger partial charge in [-0.1, -0.05) is 60.7 Å². The molecule has 0 aliphatic heterocycles. The second-order valence-electron chi connectivity index (χ2n) is 3.23. The normalized spacial score (nSPS) is 7.45. The Labute approximate surface area is 154 Å². The predicted molar refractivity (Wildman–Crippen MR) is 62.7 cm³/mol. The molecule has 0 heterocycles. The van der Waals surface area contributed by atoms with Gasteiger partial charge in [0.15, 0.2) is 0 Å². The number of carboxylic acid groups (broad SMARTS) is 4. The third-order valence-electron chi connectivity index (χ3n) is 1.88. The maximum atomic E-state index is 8.33. The molecule has 0 aliphatic carbocycles. The molecule has 2 rings (SSSR count). The van der Waals surface area contributed by atoms with Gasteiger partial charge in [0.25, 0.3) is 0 Å². The van der Waals surface area contributed by atoms with Crippen molar-refractivity contribution in [3.05, 3.63) is 60.7 Å². The number of carbonyl (C=O) groups is 2. The smallest absolute Gasteiger partial charge is 0.652 e. The first-order chi connectivity index (χ1) is 9.43. The van der Waals surface area contributed by atoms with Gasteiger partial charge in [0.1, 0.15) is 0 Å². The Kier molecular flexibility index (Phi) is 18.0. The summed E-state index contributed by atoms with van der Waals surface area (Å²) in [5, 5.41) is 33.3. The van der Waals surface area contributed by atoms with E-state index in [4.69, 9.17) is 30.0 Å². The second-order valence-corrected chi connectivity index (χ2v) is 3.23. The Balaban J connectivity index is -0.000000310. The number of hydrogen-bond acceptors (Lipinski definition) is 6. The first kappa shape index (κ1) is 25.3. The number of hydrogen-bond donors (Lipinski definition) is 0. The minimum atomic E-state index is -2.33. The van der Waals surface area contributed by atoms with Gasteiger partial charge in [-0.15, -0.1) is 0 Å². The summed E-state index contributed by atoms with van der Waals surface area (Å²) in [5.41, 5.74) is 2.55. The molecule has 0 bridgehead atoms. The van der Waals surface area contributed by atoms with E-state index in [0.717, 1.165) is 0 Å². The molecule has 0 spiro atoms. The van der Waals surface area contributed by atoms with Crippen molar-refractivity contribution in [1.29, 1.82) is 0 Å². The second kappa shape index (κ2) is 15.7. The molecule has 0 aliphatic rings. The van der Waals surface area contributed by atoms with Gasteiger partial charge >= 0.3 is 40.8 Å². The van der Waals surface area contributed by atoms with Crippen molar-refractivity contribution in [2.45, 2.75) is 0 Å². The largest absolute Gasteiger partial charge is 2.00 e. The van der Waals surface area contributed by atoms with E-state index in [1.807, 2.05) is 12.1 Å². The van der Waals surface area contributed by atoms with Crippen LogP contribution in [0.2, 0.25) is 0 Å². The van der Waals surface area contributed by atoms with Gasteiger partial charge in [-0.05, 0) is 23.4 Å². The Morgan fingerprint density at radius 2 is 0.727 bits per heavy atom. The van der Waals surface area contributed by atoms with Gasteiger partial charge < -0.3 is 30.0 Å². The molecule has 0 unspecified atom stereocenters. The molecule has 2 aromatic carbocycles. The maximum absolute atomic E-state index is 8.33. The molecule has 6 nitrogen and oxygen atoms in total. The summed E-state index contributed by atoms with van der Waals surface area (Å²) >= 11 is 0. The van der Waals surface area contributed by atoms with E-state index < -0.39 is 12.3 Å². The Hall–Kier alpha value is -1.70. The van der Waals surface area contributed by atoms with Gasteiger partial charge in [-0.25, -0.2) is 0 Å². The Morgan fingerprint density at radius 3 is 0.909 bits per heavy atom. The molecule has 2 aromatic rings. The van der Waals surface area contributed by atoms with Crippen LogP contribution in [0.3, 0.4) is 0 Å². The molecule has 0 amide bonds. The van der Waals surface area contributed by atoms with Crippen LogP contribution >= 0.6 is 0 Å². The maximum Gasteiger partial charge on any atom is 2.00 e. The molecule has 0 aromatic heterocycles. The topological polar surface area (TPSA) is 126 Å². The fourth-order valence-electron chi connectivity index (χ4n) is 1.26. The fourth-order valence-corrected chi connectivity index (χ4v) is 1.26. The van der Waals surface area contributed by atoms with Crippen LogP contribution in [-0.4, -0.2) is 12.3 Å². The first-order valence-electron chi connectivity index (χ1n) is 5.30. The molecule has 22 heavy (non-hydrogen) atoms. The van der Waals surface area contributed by atoms with Gasteiger partial charge in [-0.3, -0.25) is 0 Å². The van der Waals surface area contributed by atoms with E-state index in [2.05, 4.69) is 48.5 Å². The minimum absolute atomic E-state index is 0. The Bertz CT molecular complexity index is 462. The van der Waals surface area contributed by atoms with Crippen LogP contribution in [0.5, 0.6) is 0 Å². The summed E-state index contributed by atoms with van der Waals surface area (Å²) < 4.78 is 0. The fraction of sp³-hybridized carbons (Fsp3) is 0. The number of carbonyl (C=O) groups excluding carboxylic acids is 2. The monoisotopic (exact) mass is 486 g/mol. The van der Waals surface area contributed by atoms with Crippen LogP contribution in [0, 0.1) is 0 Å². The molecule has 0 saturated heterocycles. The zero-order valence-electron chi connectivity index (χ0n) is 10.9. The standard InChI is InChI=1S/C12H10.2CH2O3.2Pd/c1-3-7-11(8-4-1)12-9-5-2-6-10-12;2*2-1(3)4;;/h1-10H;2*(H2,2,3,4);;/q;;;2*+2/p-4. The van der Waals surface area contributed by atoms with Crippen LogP contribution in [-0.2, 0) is 40.8 Å². The zero-order chi connectivity index (χ0) is 15.4. The summed E-state index contributed by atoms with van der Waals surface area (Å²) in [6.07, 6.45) is -4.67. The van der Waals surface area contributed by atoms with E-state index in [1.54, 1.807) is 0 Å². The van der Waals surface area contributed by atoms with E-state index in [9.17, 15) is 0 Å². The predicted octanol–water partition coefficient (Wildman–Crippen LogP) is -1.55. The van der Waals surface area contributed by atoms with E-state index in [-0.39, 0.29) is 40.8 Å². The first-order valence-corrected chi connectivity index (χ1v) is 5.30. The van der Waals surface area contributed by atoms with Crippen LogP contribution in [0.4, 0.5) is 9.59 Å². The van der Waals surface area contributed by atoms with Crippen molar-refractivity contribution in [2.75, 3.05) is 0 Å². The molecule has 0 fully saturated rings. The van der Waals surface area contributed by atoms with E-state index >= 15 is 0 Å². The van der Waals surface area contributed by atoms with Crippen LogP contribution in [0.25, 0.3) is 11.1 Å². The quantitative estimate of drug-likeness (QED) is 0.449. The van der Waals surface area contributed by atoms with Crippen LogP contribution in [0.15, 0.2) is 60.7 Å². The van der Waals surface area contributed by atoms with Gasteiger partial charge in [0.2, 0.25) is 0 Å². The third-order valence-corrected chi connectivity index (χ3v) is 1.88. The van der Waals surface area contributed by atoms with Crippen molar-refractivity contribution >= 4 is 12.3 Å². The third kappa shape index (κ3) is 16.4. The summed E-state index contributed by atoms with van der Waals surface area (Å²) in [6.45, 7) is 0. The molecule has 122 valence electrons. The molecule has 0 saturated carbocycles. The summed E-state index contributed by atoms with van der Waals surface area (Å²) in [7, 11) is 0. The molecular weight excluding hydrogens is 477 g/mol. The van der Waals surface area contributed by atoms with Crippen molar-refractivity contribution in [1.82, 2.24) is 0 Å². The molecule has 0 radical (unpaired) electrons. The van der Waals surface area contributed by atoms with Crippen LogP contribution in [0.1, 0.15) is 0 Å². The zero-order valence-corrected chi connectivity index (χ0v) is 14.0. The average Bonchev–Trinajstić information content (AvgIpc) is 2.39. The number of benzene rings is 2. The van der Waals surface area contributed by atoms with Crippen molar-refractivity contribution in [3.8, 4) is 11.1 Å². The molecule has 0 atom stereocenters. The Morgan fingerprint density at radius 1 is 0.545 bits per heavy atom. The molecular formula is C14H10O6Pd2. The van der Waals surface area contributed by atoms with Gasteiger partial charge in [0, 0.05) is 0 Å². The van der Waals surface area contributed by atoms with Gasteiger partial charge in [-0.2, -0.15) is 0 Å².